The highest BCUT2D eigenvalue weighted by Crippen LogP contribution is 2.49. The molecule has 0 unspecified atom stereocenters. The standard InChI is InChI=1S/C18H24F3NO/c1-3-23-16-9-17(10-16)6-7-22(12-17)11-14-4-5-15(8-13(14)2)18(19,20)21/h4-5,8,16H,3,6-7,9-12H2,1-2H3. The Bertz CT molecular complexity index is 564. The summed E-state index contributed by atoms with van der Waals surface area (Å²) in [5.41, 5.74) is 1.55. The Morgan fingerprint density at radius 3 is 2.65 bits per heavy atom. The van der Waals surface area contributed by atoms with Gasteiger partial charge in [0.05, 0.1) is 11.7 Å². The molecule has 1 saturated carbocycles. The normalized spacial score (nSPS) is 28.3. The first-order chi connectivity index (χ1) is 10.8. The van der Waals surface area contributed by atoms with E-state index in [-0.39, 0.29) is 0 Å². The Morgan fingerprint density at radius 1 is 1.30 bits per heavy atom. The van der Waals surface area contributed by atoms with Crippen molar-refractivity contribution in [2.24, 2.45) is 5.41 Å². The Labute approximate surface area is 135 Å². The fourth-order valence-corrected chi connectivity index (χ4v) is 4.05. The van der Waals surface area contributed by atoms with E-state index in [1.165, 1.54) is 18.6 Å². The van der Waals surface area contributed by atoms with Crippen LogP contribution in [0.4, 0.5) is 13.2 Å². The molecule has 2 aliphatic rings. The summed E-state index contributed by atoms with van der Waals surface area (Å²) in [6, 6.07) is 4.09. The van der Waals surface area contributed by atoms with Crippen LogP contribution in [0, 0.1) is 12.3 Å². The number of likely N-dealkylation sites (tertiary alicyclic amines) is 1. The zero-order valence-electron chi connectivity index (χ0n) is 13.7. The van der Waals surface area contributed by atoms with Crippen LogP contribution < -0.4 is 0 Å². The zero-order valence-corrected chi connectivity index (χ0v) is 13.7. The van der Waals surface area contributed by atoms with Crippen molar-refractivity contribution in [2.45, 2.75) is 51.9 Å². The molecule has 5 heteroatoms. The highest BCUT2D eigenvalue weighted by Gasteiger charge is 2.48. The molecule has 0 amide bonds. The van der Waals surface area contributed by atoms with E-state index in [2.05, 4.69) is 4.90 Å². The van der Waals surface area contributed by atoms with E-state index in [4.69, 9.17) is 4.74 Å². The predicted molar refractivity (Wildman–Crippen MR) is 83.2 cm³/mol. The van der Waals surface area contributed by atoms with Crippen molar-refractivity contribution in [3.63, 3.8) is 0 Å². The Kier molecular flexibility index (Phi) is 4.45. The van der Waals surface area contributed by atoms with Crippen molar-refractivity contribution in [1.82, 2.24) is 4.90 Å². The van der Waals surface area contributed by atoms with Gasteiger partial charge >= 0.3 is 6.18 Å². The van der Waals surface area contributed by atoms with Crippen molar-refractivity contribution in [3.05, 3.63) is 34.9 Å². The molecule has 23 heavy (non-hydrogen) atoms. The maximum absolute atomic E-state index is 12.7. The molecule has 1 spiro atoms. The molecule has 2 nitrogen and oxygen atoms in total. The van der Waals surface area contributed by atoms with Gasteiger partial charge in [0.1, 0.15) is 0 Å². The number of aryl methyl sites for hydroxylation is 1. The van der Waals surface area contributed by atoms with Gasteiger partial charge in [0.15, 0.2) is 0 Å². The van der Waals surface area contributed by atoms with Gasteiger partial charge in [-0.25, -0.2) is 0 Å². The second-order valence-electron chi connectivity index (χ2n) is 7.09. The molecule has 0 bridgehead atoms. The molecule has 0 aromatic heterocycles. The van der Waals surface area contributed by atoms with Crippen LogP contribution in [0.2, 0.25) is 0 Å². The van der Waals surface area contributed by atoms with Gasteiger partial charge in [0.25, 0.3) is 0 Å². The number of ether oxygens (including phenoxy) is 1. The van der Waals surface area contributed by atoms with Gasteiger partial charge in [-0.15, -0.1) is 0 Å². The number of hydrogen-bond acceptors (Lipinski definition) is 2. The number of halogens is 3. The van der Waals surface area contributed by atoms with Gasteiger partial charge in [-0.3, -0.25) is 4.90 Å². The molecule has 2 fully saturated rings. The Morgan fingerprint density at radius 2 is 2.04 bits per heavy atom. The third-order valence-corrected chi connectivity index (χ3v) is 5.30. The van der Waals surface area contributed by atoms with E-state index in [1.807, 2.05) is 6.92 Å². The molecule has 128 valence electrons. The lowest BCUT2D eigenvalue weighted by molar-refractivity contribution is -0.137. The third-order valence-electron chi connectivity index (χ3n) is 5.30. The largest absolute Gasteiger partial charge is 0.416 e. The summed E-state index contributed by atoms with van der Waals surface area (Å²) in [6.07, 6.45) is -0.419. The minimum absolute atomic E-state index is 0.389. The van der Waals surface area contributed by atoms with E-state index in [0.717, 1.165) is 50.2 Å². The highest BCUT2D eigenvalue weighted by atomic mass is 19.4. The second kappa shape index (κ2) is 6.10. The quantitative estimate of drug-likeness (QED) is 0.812. The molecule has 0 N–H and O–H groups in total. The van der Waals surface area contributed by atoms with Crippen LogP contribution in [-0.2, 0) is 17.5 Å². The van der Waals surface area contributed by atoms with Gasteiger partial charge in [-0.05, 0) is 68.3 Å². The average Bonchev–Trinajstić information content (AvgIpc) is 2.84. The summed E-state index contributed by atoms with van der Waals surface area (Å²) < 4.78 is 43.9. The molecule has 1 aliphatic heterocycles. The third kappa shape index (κ3) is 3.56. The lowest BCUT2D eigenvalue weighted by Crippen LogP contribution is -2.44. The second-order valence-corrected chi connectivity index (χ2v) is 7.09. The smallest absolute Gasteiger partial charge is 0.378 e. The van der Waals surface area contributed by atoms with Crippen molar-refractivity contribution in [1.29, 1.82) is 0 Å². The number of nitrogens with zero attached hydrogens (tertiary/aromatic N) is 1. The number of hydrogen-bond donors (Lipinski definition) is 0. The molecule has 1 heterocycles. The highest BCUT2D eigenvalue weighted by molar-refractivity contribution is 5.32. The predicted octanol–water partition coefficient (Wildman–Crippen LogP) is 4.40. The van der Waals surface area contributed by atoms with Crippen molar-refractivity contribution in [3.8, 4) is 0 Å². The molecule has 1 aliphatic carbocycles. The molecule has 1 aromatic carbocycles. The molecule has 1 saturated heterocycles. The Balaban J connectivity index is 1.59. The molecular formula is C18H24F3NO. The zero-order chi connectivity index (χ0) is 16.7. The van der Waals surface area contributed by atoms with E-state index in [0.29, 0.717) is 11.5 Å². The van der Waals surface area contributed by atoms with Gasteiger partial charge < -0.3 is 4.74 Å². The van der Waals surface area contributed by atoms with Gasteiger partial charge in [-0.1, -0.05) is 6.07 Å². The summed E-state index contributed by atoms with van der Waals surface area (Å²) >= 11 is 0. The van der Waals surface area contributed by atoms with Crippen LogP contribution in [0.25, 0.3) is 0 Å². The Hall–Kier alpha value is -1.07. The van der Waals surface area contributed by atoms with Crippen LogP contribution in [-0.4, -0.2) is 30.7 Å². The van der Waals surface area contributed by atoms with Gasteiger partial charge in [0, 0.05) is 19.7 Å². The molecule has 1 aromatic rings. The van der Waals surface area contributed by atoms with E-state index in [9.17, 15) is 13.2 Å². The topological polar surface area (TPSA) is 12.5 Å². The first kappa shape index (κ1) is 16.8. The molecular weight excluding hydrogens is 303 g/mol. The summed E-state index contributed by atoms with van der Waals surface area (Å²) in [7, 11) is 0. The van der Waals surface area contributed by atoms with Crippen molar-refractivity contribution in [2.75, 3.05) is 19.7 Å². The summed E-state index contributed by atoms with van der Waals surface area (Å²) in [5.74, 6) is 0. The summed E-state index contributed by atoms with van der Waals surface area (Å²) in [5, 5.41) is 0. The van der Waals surface area contributed by atoms with Crippen LogP contribution in [0.5, 0.6) is 0 Å². The average molecular weight is 327 g/mol. The van der Waals surface area contributed by atoms with Crippen LogP contribution >= 0.6 is 0 Å². The lowest BCUT2D eigenvalue weighted by atomic mass is 9.66. The van der Waals surface area contributed by atoms with Crippen LogP contribution in [0.3, 0.4) is 0 Å². The number of alkyl halides is 3. The van der Waals surface area contributed by atoms with Crippen molar-refractivity contribution < 1.29 is 17.9 Å². The summed E-state index contributed by atoms with van der Waals surface area (Å²) in [4.78, 5) is 2.37. The lowest BCUT2D eigenvalue weighted by Gasteiger charge is -2.45. The van der Waals surface area contributed by atoms with Crippen LogP contribution in [0.1, 0.15) is 42.9 Å². The van der Waals surface area contributed by atoms with E-state index >= 15 is 0 Å². The van der Waals surface area contributed by atoms with Gasteiger partial charge in [-0.2, -0.15) is 13.2 Å². The van der Waals surface area contributed by atoms with E-state index in [1.54, 1.807) is 13.0 Å². The SMILES string of the molecule is CCOC1CC2(CCN(Cc3ccc(C(F)(F)F)cc3C)C2)C1. The first-order valence-electron chi connectivity index (χ1n) is 8.32. The fourth-order valence-electron chi connectivity index (χ4n) is 4.05. The molecule has 0 atom stereocenters. The van der Waals surface area contributed by atoms with E-state index < -0.39 is 11.7 Å². The minimum Gasteiger partial charge on any atom is -0.378 e. The maximum Gasteiger partial charge on any atom is 0.416 e. The van der Waals surface area contributed by atoms with Crippen molar-refractivity contribution >= 4 is 0 Å². The number of rotatable bonds is 4. The molecule has 3 rings (SSSR count). The fraction of sp³-hybridized carbons (Fsp3) is 0.667. The van der Waals surface area contributed by atoms with Gasteiger partial charge in [0.2, 0.25) is 0 Å². The summed E-state index contributed by atoms with van der Waals surface area (Å²) in [6.45, 7) is 7.38. The first-order valence-corrected chi connectivity index (χ1v) is 8.32. The van der Waals surface area contributed by atoms with Crippen LogP contribution in [0.15, 0.2) is 18.2 Å². The molecule has 0 radical (unpaired) electrons. The maximum atomic E-state index is 12.7. The monoisotopic (exact) mass is 327 g/mol. The minimum atomic E-state index is -4.26. The number of benzene rings is 1.